The van der Waals surface area contributed by atoms with Crippen LogP contribution >= 0.6 is 0 Å². The van der Waals surface area contributed by atoms with Crippen LogP contribution in [0.5, 0.6) is 5.75 Å². The van der Waals surface area contributed by atoms with Gasteiger partial charge in [0.15, 0.2) is 0 Å². The number of benzene rings is 2. The third-order valence-electron chi connectivity index (χ3n) is 5.33. The molecule has 0 aliphatic heterocycles. The molecule has 0 aliphatic rings. The maximum absolute atomic E-state index is 12.7. The number of anilines is 3. The van der Waals surface area contributed by atoms with Crippen molar-refractivity contribution in [2.45, 2.75) is 0 Å². The van der Waals surface area contributed by atoms with Gasteiger partial charge in [0, 0.05) is 49.6 Å². The Balaban J connectivity index is 1.99. The zero-order chi connectivity index (χ0) is 24.7. The first-order valence-electron chi connectivity index (χ1n) is 10.7. The Hall–Kier alpha value is -4.19. The molecule has 0 aliphatic carbocycles. The normalized spacial score (nSPS) is 11.0. The number of aliphatic hydroxyl groups excluding tert-OH is 1. The summed E-state index contributed by atoms with van der Waals surface area (Å²) >= 11 is 0. The number of phenolic OH excluding ortho intramolecular Hbond substituents is 1. The second kappa shape index (κ2) is 11.1. The number of nitrogens with zero attached hydrogens (tertiary/aromatic N) is 4. The van der Waals surface area contributed by atoms with Crippen LogP contribution in [0.25, 0.3) is 17.0 Å². The van der Waals surface area contributed by atoms with Crippen LogP contribution in [-0.4, -0.2) is 59.8 Å². The monoisotopic (exact) mass is 457 g/mol. The summed E-state index contributed by atoms with van der Waals surface area (Å²) in [5.41, 5.74) is 3.29. The molecule has 3 aromatic rings. The van der Waals surface area contributed by atoms with E-state index in [0.29, 0.717) is 35.2 Å². The molecule has 3 N–H and O–H groups in total. The number of aromatic hydroxyl groups is 1. The van der Waals surface area contributed by atoms with Gasteiger partial charge in [0.2, 0.25) is 0 Å². The van der Waals surface area contributed by atoms with Crippen LogP contribution in [0.4, 0.5) is 17.1 Å². The smallest absolute Gasteiger partial charge is 0.250 e. The number of nitrogens with one attached hydrogen (secondary N) is 1. The molecule has 3 rings (SSSR count). The van der Waals surface area contributed by atoms with Gasteiger partial charge in [0.25, 0.3) is 5.91 Å². The number of phenols is 1. The summed E-state index contributed by atoms with van der Waals surface area (Å²) in [6, 6.07) is 12.8. The van der Waals surface area contributed by atoms with Crippen molar-refractivity contribution in [3.63, 3.8) is 0 Å². The number of nitriles is 1. The van der Waals surface area contributed by atoms with E-state index in [1.54, 1.807) is 25.3 Å². The fourth-order valence-corrected chi connectivity index (χ4v) is 3.42. The van der Waals surface area contributed by atoms with Crippen LogP contribution in [0, 0.1) is 11.3 Å². The van der Waals surface area contributed by atoms with Crippen LogP contribution in [-0.2, 0) is 4.79 Å². The average molecular weight is 458 g/mol. The number of carbonyl (C=O) groups excluding carboxylic acids is 1. The van der Waals surface area contributed by atoms with E-state index in [1.165, 1.54) is 23.2 Å². The Labute approximate surface area is 198 Å². The molecule has 8 heteroatoms. The van der Waals surface area contributed by atoms with E-state index in [0.717, 1.165) is 11.3 Å². The van der Waals surface area contributed by atoms with E-state index < -0.39 is 0 Å². The summed E-state index contributed by atoms with van der Waals surface area (Å²) < 4.78 is 0. The molecule has 0 bridgehead atoms. The summed E-state index contributed by atoms with van der Waals surface area (Å²) in [5, 5.41) is 33.1. The van der Waals surface area contributed by atoms with E-state index in [1.807, 2.05) is 36.2 Å². The van der Waals surface area contributed by atoms with Crippen molar-refractivity contribution in [1.82, 2.24) is 9.88 Å². The van der Waals surface area contributed by atoms with E-state index in [2.05, 4.69) is 22.9 Å². The van der Waals surface area contributed by atoms with Gasteiger partial charge in [-0.15, -0.1) is 0 Å². The summed E-state index contributed by atoms with van der Waals surface area (Å²) in [5.74, 6) is -0.435. The van der Waals surface area contributed by atoms with Crippen LogP contribution in [0.2, 0.25) is 0 Å². The summed E-state index contributed by atoms with van der Waals surface area (Å²) in [4.78, 5) is 20.2. The topological polar surface area (TPSA) is 113 Å². The number of pyridine rings is 1. The first-order chi connectivity index (χ1) is 16.4. The minimum atomic E-state index is -0.329. The molecule has 1 heterocycles. The van der Waals surface area contributed by atoms with Gasteiger partial charge < -0.3 is 25.3 Å². The zero-order valence-corrected chi connectivity index (χ0v) is 19.2. The largest absolute Gasteiger partial charge is 0.506 e. The lowest BCUT2D eigenvalue weighted by molar-refractivity contribution is -0.113. The van der Waals surface area contributed by atoms with Gasteiger partial charge >= 0.3 is 0 Å². The molecule has 0 fully saturated rings. The second-order valence-electron chi connectivity index (χ2n) is 7.76. The van der Waals surface area contributed by atoms with E-state index >= 15 is 0 Å². The van der Waals surface area contributed by atoms with Crippen molar-refractivity contribution in [3.8, 4) is 11.8 Å². The molecule has 0 spiro atoms. The molecule has 174 valence electrons. The number of hydrogen-bond donors (Lipinski definition) is 3. The highest BCUT2D eigenvalue weighted by Crippen LogP contribution is 2.37. The first-order valence-corrected chi connectivity index (χ1v) is 10.7. The van der Waals surface area contributed by atoms with Crippen LogP contribution in [0.15, 0.2) is 61.3 Å². The highest BCUT2D eigenvalue weighted by atomic mass is 16.3. The number of aromatic nitrogens is 1. The molecule has 0 radical (unpaired) electrons. The van der Waals surface area contributed by atoms with Crippen molar-refractivity contribution in [2.24, 2.45) is 0 Å². The van der Waals surface area contributed by atoms with Crippen molar-refractivity contribution in [3.05, 3.63) is 72.5 Å². The lowest BCUT2D eigenvalue weighted by atomic mass is 10.1. The van der Waals surface area contributed by atoms with Gasteiger partial charge in [-0.3, -0.25) is 9.78 Å². The highest BCUT2D eigenvalue weighted by molar-refractivity contribution is 6.05. The Morgan fingerprint density at radius 3 is 2.79 bits per heavy atom. The third-order valence-corrected chi connectivity index (χ3v) is 5.33. The van der Waals surface area contributed by atoms with E-state index in [-0.39, 0.29) is 24.0 Å². The lowest BCUT2D eigenvalue weighted by Gasteiger charge is -2.19. The Kier molecular flexibility index (Phi) is 7.98. The zero-order valence-electron chi connectivity index (χ0n) is 19.2. The molecule has 8 nitrogen and oxygen atoms in total. The molecule has 0 atom stereocenters. The third kappa shape index (κ3) is 5.59. The molecule has 0 saturated heterocycles. The average Bonchev–Trinajstić information content (AvgIpc) is 2.83. The molecule has 1 aromatic heterocycles. The Morgan fingerprint density at radius 2 is 2.09 bits per heavy atom. The maximum atomic E-state index is 12.7. The van der Waals surface area contributed by atoms with Crippen molar-refractivity contribution in [2.75, 3.05) is 44.0 Å². The minimum Gasteiger partial charge on any atom is -0.506 e. The standard InChI is InChI=1S/C26H27N5O3/c1-4-18-7-5-8-20(13-18)29-26-19(16-27)17-28-22-15-24(33)23(14-21(22)26)31(3)25(34)9-6-10-30(2)11-12-32/h4-9,13-15,17,32-33H,1,10-12H2,2-3H3,(H,28,29)/b9-6+. The van der Waals surface area contributed by atoms with Gasteiger partial charge in [0.05, 0.1) is 29.1 Å². The van der Waals surface area contributed by atoms with Gasteiger partial charge in [-0.25, -0.2) is 0 Å². The number of aliphatic hydroxyl groups is 1. The number of rotatable bonds is 9. The first kappa shape index (κ1) is 24.5. The predicted molar refractivity (Wildman–Crippen MR) is 135 cm³/mol. The Bertz CT molecular complexity index is 1280. The number of hydrogen-bond acceptors (Lipinski definition) is 7. The van der Waals surface area contributed by atoms with Crippen molar-refractivity contribution < 1.29 is 15.0 Å². The minimum absolute atomic E-state index is 0.0378. The number of likely N-dealkylation sites (N-methyl/N-ethyl adjacent to an activating group) is 2. The van der Waals surface area contributed by atoms with E-state index in [4.69, 9.17) is 5.11 Å². The number of fused-ring (bicyclic) bond motifs is 1. The van der Waals surface area contributed by atoms with Crippen LogP contribution in [0.3, 0.4) is 0 Å². The molecular weight excluding hydrogens is 430 g/mol. The molecule has 1 amide bonds. The summed E-state index contributed by atoms with van der Waals surface area (Å²) in [7, 11) is 3.40. The van der Waals surface area contributed by atoms with Crippen molar-refractivity contribution in [1.29, 1.82) is 5.26 Å². The van der Waals surface area contributed by atoms with Gasteiger partial charge in [-0.2, -0.15) is 5.26 Å². The number of carbonyl (C=O) groups is 1. The molecule has 0 saturated carbocycles. The fraction of sp³-hybridized carbons (Fsp3) is 0.192. The fourth-order valence-electron chi connectivity index (χ4n) is 3.42. The number of amides is 1. The van der Waals surface area contributed by atoms with Crippen LogP contribution < -0.4 is 10.2 Å². The highest BCUT2D eigenvalue weighted by Gasteiger charge is 2.17. The quantitative estimate of drug-likeness (QED) is 0.421. The molecular formula is C26H27N5O3. The Morgan fingerprint density at radius 1 is 1.29 bits per heavy atom. The van der Waals surface area contributed by atoms with Gasteiger partial charge in [-0.05, 0) is 30.8 Å². The second-order valence-corrected chi connectivity index (χ2v) is 7.76. The molecule has 34 heavy (non-hydrogen) atoms. The lowest BCUT2D eigenvalue weighted by Crippen LogP contribution is -2.25. The van der Waals surface area contributed by atoms with Gasteiger partial charge in [0.1, 0.15) is 11.8 Å². The molecule has 0 unspecified atom stereocenters. The summed E-state index contributed by atoms with van der Waals surface area (Å²) in [6.45, 7) is 4.82. The van der Waals surface area contributed by atoms with E-state index in [9.17, 15) is 15.2 Å². The molecule has 2 aromatic carbocycles. The summed E-state index contributed by atoms with van der Waals surface area (Å²) in [6.07, 6.45) is 6.29. The SMILES string of the molecule is C=Cc1cccc(Nc2c(C#N)cnc3cc(O)c(N(C)C(=O)/C=C/CN(C)CCO)cc23)c1. The predicted octanol–water partition coefficient (Wildman–Crippen LogP) is 3.64. The van der Waals surface area contributed by atoms with Crippen molar-refractivity contribution >= 4 is 39.9 Å². The maximum Gasteiger partial charge on any atom is 0.250 e. The van der Waals surface area contributed by atoms with Crippen LogP contribution in [0.1, 0.15) is 11.1 Å². The van der Waals surface area contributed by atoms with Gasteiger partial charge in [-0.1, -0.05) is 30.9 Å².